The molecular weight excluding hydrogens is 248 g/mol. The van der Waals surface area contributed by atoms with Crippen molar-refractivity contribution in [1.82, 2.24) is 0 Å². The molecule has 19 heavy (non-hydrogen) atoms. The number of carbonyl (C=O) groups is 2. The van der Waals surface area contributed by atoms with E-state index in [1.807, 2.05) is 0 Å². The predicted molar refractivity (Wildman–Crippen MR) is 68.3 cm³/mol. The summed E-state index contributed by atoms with van der Waals surface area (Å²) in [7, 11) is 1.51. The van der Waals surface area contributed by atoms with Gasteiger partial charge in [-0.1, -0.05) is 0 Å². The number of rotatable bonds is 5. The number of methoxy groups -OCH3 is 1. The lowest BCUT2D eigenvalue weighted by atomic mass is 10.2. The molecule has 0 atom stereocenters. The van der Waals surface area contributed by atoms with Gasteiger partial charge in [-0.15, -0.1) is 0 Å². The van der Waals surface area contributed by atoms with E-state index in [2.05, 4.69) is 16.6 Å². The first-order valence-corrected chi connectivity index (χ1v) is 5.63. The molecule has 0 heterocycles. The van der Waals surface area contributed by atoms with E-state index < -0.39 is 5.97 Å². The Kier molecular flexibility index (Phi) is 5.96. The van der Waals surface area contributed by atoms with Crippen LogP contribution < -0.4 is 9.47 Å². The fourth-order valence-electron chi connectivity index (χ4n) is 1.25. The molecule has 0 aliphatic rings. The molecule has 100 valence electrons. The molecular formula is C14H14O5. The van der Waals surface area contributed by atoms with E-state index in [0.717, 1.165) is 0 Å². The molecule has 0 aromatic heterocycles. The number of carbonyl (C=O) groups excluding carboxylic acids is 2. The molecule has 1 aromatic carbocycles. The summed E-state index contributed by atoms with van der Waals surface area (Å²) in [5, 5.41) is 0. The van der Waals surface area contributed by atoms with Crippen LogP contribution in [-0.2, 0) is 9.53 Å². The fourth-order valence-corrected chi connectivity index (χ4v) is 1.25. The van der Waals surface area contributed by atoms with Crippen LogP contribution in [0.3, 0.4) is 0 Å². The molecule has 0 fully saturated rings. The van der Waals surface area contributed by atoms with Crippen molar-refractivity contribution in [2.45, 2.75) is 6.92 Å². The minimum atomic E-state index is -0.604. The minimum absolute atomic E-state index is 0.0210. The van der Waals surface area contributed by atoms with Crippen LogP contribution >= 0.6 is 0 Å². The second-order valence-electron chi connectivity index (χ2n) is 3.33. The highest BCUT2D eigenvalue weighted by molar-refractivity contribution is 5.88. The van der Waals surface area contributed by atoms with Gasteiger partial charge in [0, 0.05) is 12.0 Å². The number of benzene rings is 1. The Morgan fingerprint density at radius 2 is 2.21 bits per heavy atom. The van der Waals surface area contributed by atoms with Crippen molar-refractivity contribution in [3.05, 3.63) is 23.8 Å². The van der Waals surface area contributed by atoms with E-state index >= 15 is 0 Å². The van der Waals surface area contributed by atoms with Crippen LogP contribution in [0.25, 0.3) is 0 Å². The molecule has 1 rings (SSSR count). The lowest BCUT2D eigenvalue weighted by Crippen LogP contribution is -2.02. The third-order valence-electron chi connectivity index (χ3n) is 2.11. The largest absolute Gasteiger partial charge is 0.497 e. The topological polar surface area (TPSA) is 61.8 Å². The first-order valence-electron chi connectivity index (χ1n) is 5.63. The van der Waals surface area contributed by atoms with Gasteiger partial charge in [-0.3, -0.25) is 4.79 Å². The second-order valence-corrected chi connectivity index (χ2v) is 3.33. The van der Waals surface area contributed by atoms with E-state index in [1.54, 1.807) is 25.1 Å². The van der Waals surface area contributed by atoms with Gasteiger partial charge in [-0.05, 0) is 25.0 Å². The average molecular weight is 262 g/mol. The first kappa shape index (κ1) is 14.6. The normalized spacial score (nSPS) is 8.95. The van der Waals surface area contributed by atoms with E-state index in [1.165, 1.54) is 7.11 Å². The lowest BCUT2D eigenvalue weighted by Gasteiger charge is -2.07. The van der Waals surface area contributed by atoms with E-state index in [4.69, 9.17) is 9.47 Å². The van der Waals surface area contributed by atoms with Gasteiger partial charge >= 0.3 is 5.97 Å². The van der Waals surface area contributed by atoms with Crippen LogP contribution in [0, 0.1) is 11.8 Å². The molecule has 0 amide bonds. The van der Waals surface area contributed by atoms with E-state index in [9.17, 15) is 9.59 Å². The molecule has 0 aliphatic carbocycles. The zero-order chi connectivity index (χ0) is 14.1. The van der Waals surface area contributed by atoms with Crippen LogP contribution in [0.15, 0.2) is 18.2 Å². The van der Waals surface area contributed by atoms with Gasteiger partial charge in [0.05, 0.1) is 19.3 Å². The van der Waals surface area contributed by atoms with Crippen LogP contribution in [0.5, 0.6) is 11.5 Å². The number of esters is 1. The number of hydrogen-bond donors (Lipinski definition) is 0. The Hall–Kier alpha value is -2.48. The first-order chi connectivity index (χ1) is 9.21. The maximum Gasteiger partial charge on any atom is 0.384 e. The standard InChI is InChI=1S/C14H14O5/c1-3-18-14(16)5-4-8-19-13-9-12(17-2)7-6-11(13)10-15/h6-7,9-10H,3,8H2,1-2H3. The van der Waals surface area contributed by atoms with Crippen molar-refractivity contribution in [3.8, 4) is 23.3 Å². The highest BCUT2D eigenvalue weighted by Crippen LogP contribution is 2.23. The van der Waals surface area contributed by atoms with Crippen molar-refractivity contribution in [2.24, 2.45) is 0 Å². The number of ether oxygens (including phenoxy) is 3. The minimum Gasteiger partial charge on any atom is -0.497 e. The Morgan fingerprint density at radius 1 is 1.42 bits per heavy atom. The summed E-state index contributed by atoms with van der Waals surface area (Å²) in [6.07, 6.45) is 0.674. The molecule has 0 spiro atoms. The summed E-state index contributed by atoms with van der Waals surface area (Å²) in [5.74, 6) is 5.09. The van der Waals surface area contributed by atoms with Gasteiger partial charge in [0.2, 0.25) is 0 Å². The van der Waals surface area contributed by atoms with Crippen LogP contribution in [-0.4, -0.2) is 32.6 Å². The van der Waals surface area contributed by atoms with Gasteiger partial charge in [-0.2, -0.15) is 0 Å². The monoisotopic (exact) mass is 262 g/mol. The van der Waals surface area contributed by atoms with E-state index in [0.29, 0.717) is 23.3 Å². The summed E-state index contributed by atoms with van der Waals surface area (Å²) in [4.78, 5) is 21.8. The quantitative estimate of drug-likeness (QED) is 0.348. The fraction of sp³-hybridized carbons (Fsp3) is 0.286. The van der Waals surface area contributed by atoms with Crippen LogP contribution in [0.1, 0.15) is 17.3 Å². The zero-order valence-corrected chi connectivity index (χ0v) is 10.8. The molecule has 5 heteroatoms. The van der Waals surface area contributed by atoms with Crippen LogP contribution in [0.4, 0.5) is 0 Å². The van der Waals surface area contributed by atoms with Crippen molar-refractivity contribution >= 4 is 12.3 Å². The predicted octanol–water partition coefficient (Wildman–Crippen LogP) is 1.45. The van der Waals surface area contributed by atoms with Gasteiger partial charge in [0.25, 0.3) is 0 Å². The Labute approximate surface area is 111 Å². The van der Waals surface area contributed by atoms with Crippen molar-refractivity contribution in [2.75, 3.05) is 20.3 Å². The van der Waals surface area contributed by atoms with E-state index in [-0.39, 0.29) is 13.2 Å². The molecule has 0 aliphatic heterocycles. The van der Waals surface area contributed by atoms with Crippen molar-refractivity contribution < 1.29 is 23.8 Å². The highest BCUT2D eigenvalue weighted by Gasteiger charge is 2.04. The lowest BCUT2D eigenvalue weighted by molar-refractivity contribution is -0.136. The van der Waals surface area contributed by atoms with Gasteiger partial charge in [-0.25, -0.2) is 4.79 Å². The summed E-state index contributed by atoms with van der Waals surface area (Å²) >= 11 is 0. The van der Waals surface area contributed by atoms with Gasteiger partial charge < -0.3 is 14.2 Å². The molecule has 0 radical (unpaired) electrons. The second kappa shape index (κ2) is 7.77. The zero-order valence-electron chi connectivity index (χ0n) is 10.8. The Balaban J connectivity index is 2.66. The third-order valence-corrected chi connectivity index (χ3v) is 2.11. The molecule has 0 unspecified atom stereocenters. The maximum absolute atomic E-state index is 11.0. The summed E-state index contributed by atoms with van der Waals surface area (Å²) in [6.45, 7) is 1.95. The average Bonchev–Trinajstić information content (AvgIpc) is 2.43. The molecule has 0 N–H and O–H groups in total. The smallest absolute Gasteiger partial charge is 0.384 e. The summed E-state index contributed by atoms with van der Waals surface area (Å²) in [6, 6.07) is 4.82. The molecule has 5 nitrogen and oxygen atoms in total. The Bertz CT molecular complexity index is 510. The van der Waals surface area contributed by atoms with Crippen molar-refractivity contribution in [1.29, 1.82) is 0 Å². The van der Waals surface area contributed by atoms with Gasteiger partial charge in [0.1, 0.15) is 18.1 Å². The SMILES string of the molecule is CCOC(=O)C#CCOc1cc(OC)ccc1C=O. The maximum atomic E-state index is 11.0. The van der Waals surface area contributed by atoms with Crippen molar-refractivity contribution in [3.63, 3.8) is 0 Å². The Morgan fingerprint density at radius 3 is 2.84 bits per heavy atom. The molecule has 0 bridgehead atoms. The molecule has 1 aromatic rings. The highest BCUT2D eigenvalue weighted by atomic mass is 16.5. The summed E-state index contributed by atoms with van der Waals surface area (Å²) < 4.78 is 15.0. The molecule has 0 saturated carbocycles. The van der Waals surface area contributed by atoms with Gasteiger partial charge in [0.15, 0.2) is 6.29 Å². The third kappa shape index (κ3) is 4.72. The number of hydrogen-bond acceptors (Lipinski definition) is 5. The molecule has 0 saturated heterocycles. The summed E-state index contributed by atoms with van der Waals surface area (Å²) in [5.41, 5.74) is 0.388. The number of aldehydes is 1. The van der Waals surface area contributed by atoms with Crippen LogP contribution in [0.2, 0.25) is 0 Å².